The van der Waals surface area contributed by atoms with Gasteiger partial charge >= 0.3 is 17.9 Å². The van der Waals surface area contributed by atoms with Crippen molar-refractivity contribution >= 4 is 17.9 Å². The highest BCUT2D eigenvalue weighted by Gasteiger charge is 2.19. The van der Waals surface area contributed by atoms with E-state index in [9.17, 15) is 14.4 Å². The maximum absolute atomic E-state index is 12.8. The third-order valence-corrected chi connectivity index (χ3v) is 10.7. The van der Waals surface area contributed by atoms with Gasteiger partial charge in [0.25, 0.3) is 0 Å². The second-order valence-electron chi connectivity index (χ2n) is 16.7. The fraction of sp³-hybridized carbons (Fsp3) is 0.759. The molecule has 0 fully saturated rings. The molecular weight excluding hydrogens is 745 g/mol. The van der Waals surface area contributed by atoms with Crippen LogP contribution in [-0.2, 0) is 28.6 Å². The standard InChI is InChI=1S/C54H94O6/c1-4-7-10-13-16-19-22-25-26-27-28-30-32-35-38-41-44-47-53(56)59-50-51(49-58-52(55)46-43-40-37-34-31-24-21-18-15-12-9-6-3)60-54(57)48-45-42-39-36-33-29-23-20-17-14-11-8-5-2/h16,18-19,21,25-26,28,30,35,38,51H,4-15,17,20,22-24,27,29,31-34,36-37,39-50H2,1-3H3/b19-16-,21-18-,26-25-,30-28-,38-35-/t51-/m1/s1. The molecule has 0 N–H and O–H groups in total. The van der Waals surface area contributed by atoms with Gasteiger partial charge in [-0.05, 0) is 83.5 Å². The quantitative estimate of drug-likeness (QED) is 0.0263. The lowest BCUT2D eigenvalue weighted by Gasteiger charge is -2.18. The second kappa shape index (κ2) is 48.8. The minimum atomic E-state index is -0.795. The third kappa shape index (κ3) is 46.2. The summed E-state index contributed by atoms with van der Waals surface area (Å²) in [5.74, 6) is -0.957. The van der Waals surface area contributed by atoms with Gasteiger partial charge in [0.1, 0.15) is 13.2 Å². The zero-order valence-corrected chi connectivity index (χ0v) is 39.5. The normalized spacial score (nSPS) is 12.5. The number of hydrogen-bond acceptors (Lipinski definition) is 6. The van der Waals surface area contributed by atoms with Crippen molar-refractivity contribution in [2.24, 2.45) is 0 Å². The Kier molecular flexibility index (Phi) is 46.4. The van der Waals surface area contributed by atoms with Crippen molar-refractivity contribution in [2.75, 3.05) is 13.2 Å². The molecule has 0 aliphatic heterocycles. The topological polar surface area (TPSA) is 78.9 Å². The van der Waals surface area contributed by atoms with Gasteiger partial charge in [0.05, 0.1) is 0 Å². The van der Waals surface area contributed by atoms with Crippen LogP contribution in [0.15, 0.2) is 60.8 Å². The van der Waals surface area contributed by atoms with E-state index in [4.69, 9.17) is 14.2 Å². The number of unbranched alkanes of at least 4 members (excludes halogenated alkanes) is 24. The molecule has 346 valence electrons. The van der Waals surface area contributed by atoms with Gasteiger partial charge in [-0.2, -0.15) is 0 Å². The molecule has 1 atom stereocenters. The maximum atomic E-state index is 12.8. The SMILES string of the molecule is CCCCC/C=C\C/C=C\C/C=C\C/C=C\CCCC(=O)OC[C@@H](COC(=O)CCCCCCC/C=C\CCCCC)OC(=O)CCCCCCCCCCCCCCC. The monoisotopic (exact) mass is 839 g/mol. The smallest absolute Gasteiger partial charge is 0.306 e. The fourth-order valence-electron chi connectivity index (χ4n) is 6.90. The predicted molar refractivity (Wildman–Crippen MR) is 256 cm³/mol. The van der Waals surface area contributed by atoms with Crippen LogP contribution >= 0.6 is 0 Å². The fourth-order valence-corrected chi connectivity index (χ4v) is 6.90. The highest BCUT2D eigenvalue weighted by atomic mass is 16.6. The van der Waals surface area contributed by atoms with E-state index in [2.05, 4.69) is 81.5 Å². The molecule has 0 radical (unpaired) electrons. The first-order valence-corrected chi connectivity index (χ1v) is 25.3. The summed E-state index contributed by atoms with van der Waals surface area (Å²) in [5, 5.41) is 0. The van der Waals surface area contributed by atoms with Crippen molar-refractivity contribution in [3.8, 4) is 0 Å². The van der Waals surface area contributed by atoms with Gasteiger partial charge in [0, 0.05) is 19.3 Å². The first kappa shape index (κ1) is 57.1. The molecule has 0 spiro atoms. The minimum Gasteiger partial charge on any atom is -0.462 e. The van der Waals surface area contributed by atoms with Crippen LogP contribution < -0.4 is 0 Å². The summed E-state index contributed by atoms with van der Waals surface area (Å²) in [6.07, 6.45) is 59.2. The van der Waals surface area contributed by atoms with E-state index in [-0.39, 0.29) is 37.5 Å². The number of carbonyl (C=O) groups is 3. The van der Waals surface area contributed by atoms with E-state index in [0.717, 1.165) is 70.6 Å². The summed E-state index contributed by atoms with van der Waals surface area (Å²) in [5.41, 5.74) is 0. The van der Waals surface area contributed by atoms with Gasteiger partial charge in [0.2, 0.25) is 0 Å². The molecule has 0 saturated heterocycles. The molecule has 6 nitrogen and oxygen atoms in total. The molecule has 0 rings (SSSR count). The molecule has 0 bridgehead atoms. The lowest BCUT2D eigenvalue weighted by molar-refractivity contribution is -0.167. The van der Waals surface area contributed by atoms with E-state index in [1.54, 1.807) is 0 Å². The number of esters is 3. The molecule has 0 saturated carbocycles. The van der Waals surface area contributed by atoms with E-state index in [1.165, 1.54) is 128 Å². The Hall–Kier alpha value is -2.89. The first-order valence-electron chi connectivity index (χ1n) is 25.3. The zero-order chi connectivity index (χ0) is 43.7. The predicted octanol–water partition coefficient (Wildman–Crippen LogP) is 16.5. The lowest BCUT2D eigenvalue weighted by Crippen LogP contribution is -2.30. The van der Waals surface area contributed by atoms with Gasteiger partial charge in [0.15, 0.2) is 6.10 Å². The summed E-state index contributed by atoms with van der Waals surface area (Å²) in [6.45, 7) is 6.53. The molecule has 6 heteroatoms. The Morgan fingerprint density at radius 1 is 0.333 bits per heavy atom. The largest absolute Gasteiger partial charge is 0.462 e. The summed E-state index contributed by atoms with van der Waals surface area (Å²) >= 11 is 0. The van der Waals surface area contributed by atoms with Crippen LogP contribution in [0.25, 0.3) is 0 Å². The Balaban J connectivity index is 4.46. The van der Waals surface area contributed by atoms with Crippen LogP contribution in [0.2, 0.25) is 0 Å². The summed E-state index contributed by atoms with van der Waals surface area (Å²) in [7, 11) is 0. The highest BCUT2D eigenvalue weighted by Crippen LogP contribution is 2.14. The summed E-state index contributed by atoms with van der Waals surface area (Å²) in [6, 6.07) is 0. The van der Waals surface area contributed by atoms with E-state index in [1.807, 2.05) is 0 Å². The molecular formula is C54H94O6. The van der Waals surface area contributed by atoms with Crippen LogP contribution in [0.3, 0.4) is 0 Å². The molecule has 60 heavy (non-hydrogen) atoms. The van der Waals surface area contributed by atoms with E-state index < -0.39 is 6.10 Å². The maximum Gasteiger partial charge on any atom is 0.306 e. The molecule has 0 unspecified atom stereocenters. The molecule has 0 aliphatic carbocycles. The average molecular weight is 839 g/mol. The van der Waals surface area contributed by atoms with Crippen molar-refractivity contribution in [3.63, 3.8) is 0 Å². The highest BCUT2D eigenvalue weighted by molar-refractivity contribution is 5.71. The van der Waals surface area contributed by atoms with Crippen molar-refractivity contribution in [1.29, 1.82) is 0 Å². The number of hydrogen-bond donors (Lipinski definition) is 0. The molecule has 0 heterocycles. The van der Waals surface area contributed by atoms with Gasteiger partial charge < -0.3 is 14.2 Å². The third-order valence-electron chi connectivity index (χ3n) is 10.7. The number of ether oxygens (including phenoxy) is 3. The van der Waals surface area contributed by atoms with Crippen molar-refractivity contribution in [3.05, 3.63) is 60.8 Å². The lowest BCUT2D eigenvalue weighted by atomic mass is 10.0. The summed E-state index contributed by atoms with van der Waals surface area (Å²) < 4.78 is 16.7. The molecule has 0 aromatic rings. The van der Waals surface area contributed by atoms with Gasteiger partial charge in [-0.1, -0.05) is 204 Å². The van der Waals surface area contributed by atoms with Crippen LogP contribution in [0.5, 0.6) is 0 Å². The van der Waals surface area contributed by atoms with Crippen LogP contribution in [0.1, 0.15) is 245 Å². The van der Waals surface area contributed by atoms with Gasteiger partial charge in [-0.3, -0.25) is 14.4 Å². The van der Waals surface area contributed by atoms with Gasteiger partial charge in [-0.25, -0.2) is 0 Å². The van der Waals surface area contributed by atoms with Crippen LogP contribution in [-0.4, -0.2) is 37.2 Å². The van der Waals surface area contributed by atoms with Crippen molar-refractivity contribution in [1.82, 2.24) is 0 Å². The molecule has 0 aromatic carbocycles. The number of allylic oxidation sites excluding steroid dienone is 10. The van der Waals surface area contributed by atoms with Crippen molar-refractivity contribution in [2.45, 2.75) is 252 Å². The molecule has 0 aromatic heterocycles. The summed E-state index contributed by atoms with van der Waals surface area (Å²) in [4.78, 5) is 37.9. The Morgan fingerprint density at radius 2 is 0.617 bits per heavy atom. The average Bonchev–Trinajstić information content (AvgIpc) is 3.24. The zero-order valence-electron chi connectivity index (χ0n) is 39.5. The molecule has 0 amide bonds. The van der Waals surface area contributed by atoms with Crippen molar-refractivity contribution < 1.29 is 28.6 Å². The van der Waals surface area contributed by atoms with E-state index >= 15 is 0 Å². The number of carbonyl (C=O) groups excluding carboxylic acids is 3. The first-order chi connectivity index (χ1) is 29.5. The van der Waals surface area contributed by atoms with Crippen LogP contribution in [0.4, 0.5) is 0 Å². The minimum absolute atomic E-state index is 0.0940. The number of rotatable bonds is 45. The van der Waals surface area contributed by atoms with E-state index in [0.29, 0.717) is 19.3 Å². The van der Waals surface area contributed by atoms with Crippen LogP contribution in [0, 0.1) is 0 Å². The Morgan fingerprint density at radius 3 is 1.05 bits per heavy atom. The van der Waals surface area contributed by atoms with Gasteiger partial charge in [-0.15, -0.1) is 0 Å². The second-order valence-corrected chi connectivity index (χ2v) is 16.7. The molecule has 0 aliphatic rings. The Bertz CT molecular complexity index is 1100. The Labute approximate surface area is 370 Å².